The molecule has 0 aliphatic carbocycles. The highest BCUT2D eigenvalue weighted by Gasteiger charge is 2.15. The third-order valence-corrected chi connectivity index (χ3v) is 2.29. The largest absolute Gasteiger partial charge is 0.497 e. The molecule has 0 atom stereocenters. The predicted molar refractivity (Wildman–Crippen MR) is 57.4 cm³/mol. The number of tetrazole rings is 1. The van der Waals surface area contributed by atoms with Gasteiger partial charge in [-0.3, -0.25) is 0 Å². The number of benzene rings is 1. The van der Waals surface area contributed by atoms with E-state index < -0.39 is 5.97 Å². The number of nitrogens with zero attached hydrogens (tertiary/aromatic N) is 4. The van der Waals surface area contributed by atoms with Gasteiger partial charge >= 0.3 is 5.97 Å². The third kappa shape index (κ3) is 1.94. The summed E-state index contributed by atoms with van der Waals surface area (Å²) >= 11 is 0. The van der Waals surface area contributed by atoms with Crippen molar-refractivity contribution in [1.29, 1.82) is 0 Å². The van der Waals surface area contributed by atoms with Gasteiger partial charge in [0.1, 0.15) is 5.75 Å². The van der Waals surface area contributed by atoms with Gasteiger partial charge in [-0.25, -0.2) is 4.79 Å². The van der Waals surface area contributed by atoms with Crippen molar-refractivity contribution in [3.8, 4) is 11.4 Å². The standard InChI is InChI=1S/C10H10N4O3/c1-6-11-12-13-14(6)9-4-3-7(17-2)5-8(9)10(15)16/h3-5H,1-2H3,(H,15,16). The van der Waals surface area contributed by atoms with Gasteiger partial charge in [-0.2, -0.15) is 4.68 Å². The molecule has 88 valence electrons. The number of rotatable bonds is 3. The predicted octanol–water partition coefficient (Wildman–Crippen LogP) is 0.678. The molecule has 0 amide bonds. The van der Waals surface area contributed by atoms with Gasteiger partial charge < -0.3 is 9.84 Å². The van der Waals surface area contributed by atoms with Gasteiger partial charge in [0.15, 0.2) is 5.82 Å². The molecule has 1 heterocycles. The van der Waals surface area contributed by atoms with Crippen LogP contribution in [-0.4, -0.2) is 38.4 Å². The van der Waals surface area contributed by atoms with Gasteiger partial charge in [0, 0.05) is 0 Å². The fourth-order valence-electron chi connectivity index (χ4n) is 1.45. The first-order valence-corrected chi connectivity index (χ1v) is 4.80. The maximum atomic E-state index is 11.2. The zero-order valence-electron chi connectivity index (χ0n) is 9.28. The van der Waals surface area contributed by atoms with Crippen molar-refractivity contribution in [2.45, 2.75) is 6.92 Å². The van der Waals surface area contributed by atoms with Crippen molar-refractivity contribution in [1.82, 2.24) is 20.2 Å². The Balaban J connectivity index is 2.62. The number of methoxy groups -OCH3 is 1. The minimum Gasteiger partial charge on any atom is -0.497 e. The molecule has 0 unspecified atom stereocenters. The molecule has 0 saturated carbocycles. The molecule has 17 heavy (non-hydrogen) atoms. The molecule has 1 N–H and O–H groups in total. The fraction of sp³-hybridized carbons (Fsp3) is 0.200. The Kier molecular flexibility index (Phi) is 2.73. The lowest BCUT2D eigenvalue weighted by atomic mass is 10.1. The smallest absolute Gasteiger partial charge is 0.338 e. The van der Waals surface area contributed by atoms with Gasteiger partial charge in [-0.15, -0.1) is 5.10 Å². The van der Waals surface area contributed by atoms with E-state index in [1.165, 1.54) is 17.9 Å². The molecule has 2 aromatic rings. The molecule has 0 aliphatic rings. The number of ether oxygens (including phenoxy) is 1. The molecule has 7 heteroatoms. The molecule has 0 saturated heterocycles. The minimum absolute atomic E-state index is 0.0831. The quantitative estimate of drug-likeness (QED) is 0.839. The van der Waals surface area contributed by atoms with E-state index in [1.807, 2.05) is 0 Å². The summed E-state index contributed by atoms with van der Waals surface area (Å²) in [5.74, 6) is -0.0802. The third-order valence-electron chi connectivity index (χ3n) is 2.29. The SMILES string of the molecule is COc1ccc(-n2nnnc2C)c(C(=O)O)c1. The van der Waals surface area contributed by atoms with Gasteiger partial charge in [-0.05, 0) is 35.5 Å². The second-order valence-corrected chi connectivity index (χ2v) is 3.33. The number of carboxylic acids is 1. The van der Waals surface area contributed by atoms with Crippen LogP contribution in [0.3, 0.4) is 0 Å². The average molecular weight is 234 g/mol. The number of aryl methyl sites for hydroxylation is 1. The second kappa shape index (κ2) is 4.20. The molecule has 7 nitrogen and oxygen atoms in total. The Labute approximate surface area is 96.6 Å². The Morgan fingerprint density at radius 1 is 1.47 bits per heavy atom. The highest BCUT2D eigenvalue weighted by molar-refractivity contribution is 5.92. The van der Waals surface area contributed by atoms with Crippen molar-refractivity contribution in [3.05, 3.63) is 29.6 Å². The molecular weight excluding hydrogens is 224 g/mol. The maximum absolute atomic E-state index is 11.2. The molecular formula is C10H10N4O3. The van der Waals surface area contributed by atoms with E-state index in [2.05, 4.69) is 15.5 Å². The zero-order valence-corrected chi connectivity index (χ0v) is 9.28. The summed E-state index contributed by atoms with van der Waals surface area (Å²) in [5.41, 5.74) is 0.487. The van der Waals surface area contributed by atoms with Crippen molar-refractivity contribution in [2.75, 3.05) is 7.11 Å². The maximum Gasteiger partial charge on any atom is 0.338 e. The zero-order chi connectivity index (χ0) is 12.4. The summed E-state index contributed by atoms with van der Waals surface area (Å²) in [7, 11) is 1.48. The van der Waals surface area contributed by atoms with Crippen molar-refractivity contribution >= 4 is 5.97 Å². The number of aromatic nitrogens is 4. The van der Waals surface area contributed by atoms with Crippen LogP contribution >= 0.6 is 0 Å². The van der Waals surface area contributed by atoms with Crippen LogP contribution in [-0.2, 0) is 0 Å². The van der Waals surface area contributed by atoms with E-state index in [-0.39, 0.29) is 5.56 Å². The van der Waals surface area contributed by atoms with E-state index in [4.69, 9.17) is 9.84 Å². The summed E-state index contributed by atoms with van der Waals surface area (Å²) in [6, 6.07) is 4.69. The lowest BCUT2D eigenvalue weighted by Gasteiger charge is -2.08. The summed E-state index contributed by atoms with van der Waals surface area (Å²) in [5, 5.41) is 20.1. The molecule has 1 aromatic carbocycles. The van der Waals surface area contributed by atoms with Gasteiger partial charge in [0.05, 0.1) is 18.4 Å². The van der Waals surface area contributed by atoms with Gasteiger partial charge in [-0.1, -0.05) is 0 Å². The van der Waals surface area contributed by atoms with Crippen LogP contribution in [0.15, 0.2) is 18.2 Å². The second-order valence-electron chi connectivity index (χ2n) is 3.33. The molecule has 0 bridgehead atoms. The molecule has 2 rings (SSSR count). The molecule has 0 radical (unpaired) electrons. The molecule has 0 aliphatic heterocycles. The Bertz CT molecular complexity index is 564. The average Bonchev–Trinajstić information content (AvgIpc) is 2.74. The number of carbonyl (C=O) groups is 1. The summed E-state index contributed by atoms with van der Waals surface area (Å²) in [6.07, 6.45) is 0. The number of carboxylic acid groups (broad SMARTS) is 1. The molecule has 0 spiro atoms. The Morgan fingerprint density at radius 3 is 2.76 bits per heavy atom. The molecule has 1 aromatic heterocycles. The van der Waals surface area contributed by atoms with Crippen LogP contribution in [0.25, 0.3) is 5.69 Å². The summed E-state index contributed by atoms with van der Waals surface area (Å²) in [6.45, 7) is 1.69. The van der Waals surface area contributed by atoms with E-state index in [9.17, 15) is 4.79 Å². The Hall–Kier alpha value is -2.44. The van der Waals surface area contributed by atoms with E-state index in [0.29, 0.717) is 17.3 Å². The highest BCUT2D eigenvalue weighted by atomic mass is 16.5. The van der Waals surface area contributed by atoms with Gasteiger partial charge in [0.25, 0.3) is 0 Å². The lowest BCUT2D eigenvalue weighted by molar-refractivity contribution is 0.0696. The van der Waals surface area contributed by atoms with Gasteiger partial charge in [0.2, 0.25) is 0 Å². The van der Waals surface area contributed by atoms with Crippen molar-refractivity contribution in [2.24, 2.45) is 0 Å². The first-order valence-electron chi connectivity index (χ1n) is 4.80. The fourth-order valence-corrected chi connectivity index (χ4v) is 1.45. The van der Waals surface area contributed by atoms with Crippen LogP contribution in [0.4, 0.5) is 0 Å². The van der Waals surface area contributed by atoms with Crippen LogP contribution in [0, 0.1) is 6.92 Å². The van der Waals surface area contributed by atoms with Crippen molar-refractivity contribution < 1.29 is 14.6 Å². The van der Waals surface area contributed by atoms with E-state index in [0.717, 1.165) is 0 Å². The van der Waals surface area contributed by atoms with Crippen LogP contribution in [0.5, 0.6) is 5.75 Å². The van der Waals surface area contributed by atoms with E-state index >= 15 is 0 Å². The molecule has 0 fully saturated rings. The topological polar surface area (TPSA) is 90.1 Å². The number of hydrogen-bond donors (Lipinski definition) is 1. The first kappa shape index (κ1) is 11.1. The van der Waals surface area contributed by atoms with Crippen LogP contribution < -0.4 is 4.74 Å². The minimum atomic E-state index is -1.06. The normalized spacial score (nSPS) is 10.2. The van der Waals surface area contributed by atoms with E-state index in [1.54, 1.807) is 19.1 Å². The highest BCUT2D eigenvalue weighted by Crippen LogP contribution is 2.21. The number of hydrogen-bond acceptors (Lipinski definition) is 5. The monoisotopic (exact) mass is 234 g/mol. The summed E-state index contributed by atoms with van der Waals surface area (Å²) < 4.78 is 6.35. The Morgan fingerprint density at radius 2 is 2.24 bits per heavy atom. The lowest BCUT2D eigenvalue weighted by Crippen LogP contribution is -2.08. The first-order chi connectivity index (χ1) is 8.13. The van der Waals surface area contributed by atoms with Crippen LogP contribution in [0.2, 0.25) is 0 Å². The van der Waals surface area contributed by atoms with Crippen LogP contribution in [0.1, 0.15) is 16.2 Å². The van der Waals surface area contributed by atoms with Crippen molar-refractivity contribution in [3.63, 3.8) is 0 Å². The number of aromatic carboxylic acids is 1. The summed E-state index contributed by atoms with van der Waals surface area (Å²) in [4.78, 5) is 11.2.